The van der Waals surface area contributed by atoms with Crippen molar-refractivity contribution in [2.24, 2.45) is 0 Å². The van der Waals surface area contributed by atoms with E-state index in [-0.39, 0.29) is 37.2 Å². The number of aromatic nitrogens is 2. The van der Waals surface area contributed by atoms with Gasteiger partial charge in [-0.1, -0.05) is 18.2 Å². The number of nitrogens with one attached hydrogen (secondary N) is 3. The molecule has 1 atom stereocenters. The van der Waals surface area contributed by atoms with Gasteiger partial charge in [0, 0.05) is 35.9 Å². The molecular formula is C22H23N5O4S. The molecule has 1 aliphatic rings. The summed E-state index contributed by atoms with van der Waals surface area (Å²) < 4.78 is 19.6. The predicted octanol–water partition coefficient (Wildman–Crippen LogP) is 3.14. The maximum Gasteiger partial charge on any atom is 0.318 e. The highest BCUT2D eigenvalue weighted by molar-refractivity contribution is 7.79. The molecular weight excluding hydrogens is 430 g/mol. The second-order valence-electron chi connectivity index (χ2n) is 7.35. The first-order chi connectivity index (χ1) is 15.5. The van der Waals surface area contributed by atoms with E-state index in [2.05, 4.69) is 20.6 Å². The van der Waals surface area contributed by atoms with Crippen LogP contribution in [-0.4, -0.2) is 54.3 Å². The molecule has 1 aromatic carbocycles. The number of H-pyrrole nitrogens is 1. The molecule has 4 N–H and O–H groups in total. The zero-order valence-electron chi connectivity index (χ0n) is 17.2. The van der Waals surface area contributed by atoms with Crippen LogP contribution in [0.4, 0.5) is 16.2 Å². The summed E-state index contributed by atoms with van der Waals surface area (Å²) in [6.07, 6.45) is 3.74. The molecule has 166 valence electrons. The standard InChI is InChI=1S/C22H23N5O4S/c28-18-14-27(22(29)24-9-4-12-32(30)31)13-17-19(18)21(25-16-5-2-1-3-6-16)20(26-17)15-7-10-23-11-8-15/h1-3,5-8,10-11,25-26H,4,9,12-14H2,(H,24,29)(H,30,31). The molecule has 1 aliphatic heterocycles. The maximum absolute atomic E-state index is 13.1. The number of hydrogen-bond donors (Lipinski definition) is 4. The monoisotopic (exact) mass is 453 g/mol. The van der Waals surface area contributed by atoms with Crippen LogP contribution in [0.3, 0.4) is 0 Å². The molecule has 3 aromatic rings. The number of aromatic amines is 1. The van der Waals surface area contributed by atoms with E-state index < -0.39 is 11.1 Å². The predicted molar refractivity (Wildman–Crippen MR) is 122 cm³/mol. The molecule has 0 spiro atoms. The summed E-state index contributed by atoms with van der Waals surface area (Å²) in [5, 5.41) is 6.07. The van der Waals surface area contributed by atoms with Gasteiger partial charge in [0.25, 0.3) is 0 Å². The molecule has 1 unspecified atom stereocenters. The van der Waals surface area contributed by atoms with Gasteiger partial charge in [-0.3, -0.25) is 9.78 Å². The minimum absolute atomic E-state index is 0.0537. The van der Waals surface area contributed by atoms with Crippen LogP contribution in [0, 0.1) is 0 Å². The summed E-state index contributed by atoms with van der Waals surface area (Å²) in [5.74, 6) is -0.0862. The van der Waals surface area contributed by atoms with E-state index in [1.807, 2.05) is 42.5 Å². The smallest absolute Gasteiger partial charge is 0.318 e. The number of amides is 2. The molecule has 0 aliphatic carbocycles. The van der Waals surface area contributed by atoms with Crippen LogP contribution in [0.5, 0.6) is 0 Å². The van der Waals surface area contributed by atoms with E-state index >= 15 is 0 Å². The summed E-state index contributed by atoms with van der Waals surface area (Å²) in [4.78, 5) is 34.5. The fourth-order valence-corrected chi connectivity index (χ4v) is 4.04. The van der Waals surface area contributed by atoms with Gasteiger partial charge in [-0.15, -0.1) is 0 Å². The van der Waals surface area contributed by atoms with Gasteiger partial charge in [-0.25, -0.2) is 9.00 Å². The van der Waals surface area contributed by atoms with E-state index in [0.717, 1.165) is 16.9 Å². The molecule has 2 aromatic heterocycles. The zero-order valence-corrected chi connectivity index (χ0v) is 18.0. The molecule has 0 radical (unpaired) electrons. The van der Waals surface area contributed by atoms with E-state index in [1.165, 1.54) is 4.90 Å². The number of carbonyl (C=O) groups excluding carboxylic acids is 2. The lowest BCUT2D eigenvalue weighted by Crippen LogP contribution is -2.45. The van der Waals surface area contributed by atoms with Crippen molar-refractivity contribution in [3.05, 3.63) is 66.1 Å². The molecule has 0 bridgehead atoms. The van der Waals surface area contributed by atoms with Crippen molar-refractivity contribution in [3.63, 3.8) is 0 Å². The SMILES string of the molecule is O=C1CN(C(=O)NCCCS(=O)O)Cc2[nH]c(-c3ccncc3)c(Nc3ccccc3)c21. The first-order valence-electron chi connectivity index (χ1n) is 10.1. The van der Waals surface area contributed by atoms with Crippen LogP contribution >= 0.6 is 0 Å². The third-order valence-electron chi connectivity index (χ3n) is 5.11. The normalized spacial score (nSPS) is 14.0. The van der Waals surface area contributed by atoms with Gasteiger partial charge in [0.2, 0.25) is 0 Å². The average molecular weight is 454 g/mol. The summed E-state index contributed by atoms with van der Waals surface area (Å²) in [6, 6.07) is 12.9. The number of ketones is 1. The van der Waals surface area contributed by atoms with Crippen molar-refractivity contribution in [2.45, 2.75) is 13.0 Å². The fraction of sp³-hybridized carbons (Fsp3) is 0.227. The maximum atomic E-state index is 13.1. The third-order valence-corrected chi connectivity index (χ3v) is 5.75. The minimum atomic E-state index is -1.89. The first-order valence-corrected chi connectivity index (χ1v) is 11.4. The lowest BCUT2D eigenvalue weighted by Gasteiger charge is -2.26. The number of anilines is 2. The largest absolute Gasteiger partial charge is 0.355 e. The van der Waals surface area contributed by atoms with Crippen LogP contribution in [0.2, 0.25) is 0 Å². The second-order valence-corrected chi connectivity index (χ2v) is 8.40. The molecule has 10 heteroatoms. The Morgan fingerprint density at radius 2 is 1.91 bits per heavy atom. The third kappa shape index (κ3) is 4.87. The number of fused-ring (bicyclic) bond motifs is 1. The molecule has 4 rings (SSSR count). The lowest BCUT2D eigenvalue weighted by atomic mass is 10.0. The number of pyridine rings is 1. The second kappa shape index (κ2) is 9.75. The van der Waals surface area contributed by atoms with Crippen LogP contribution in [0.25, 0.3) is 11.3 Å². The highest BCUT2D eigenvalue weighted by atomic mass is 32.2. The number of rotatable bonds is 7. The number of hydrogen-bond acceptors (Lipinski definition) is 5. The Labute approximate surface area is 187 Å². The molecule has 9 nitrogen and oxygen atoms in total. The number of para-hydroxylation sites is 1. The van der Waals surface area contributed by atoms with Crippen molar-refractivity contribution in [3.8, 4) is 11.3 Å². The average Bonchev–Trinajstić information content (AvgIpc) is 3.16. The summed E-state index contributed by atoms with van der Waals surface area (Å²) in [7, 11) is 0. The topological polar surface area (TPSA) is 127 Å². The Morgan fingerprint density at radius 3 is 2.62 bits per heavy atom. The molecule has 0 saturated heterocycles. The number of carbonyl (C=O) groups is 2. The van der Waals surface area contributed by atoms with E-state index in [0.29, 0.717) is 23.4 Å². The Hall–Kier alpha value is -3.50. The highest BCUT2D eigenvalue weighted by Crippen LogP contribution is 2.37. The zero-order chi connectivity index (χ0) is 22.5. The van der Waals surface area contributed by atoms with Crippen molar-refractivity contribution in [1.29, 1.82) is 0 Å². The number of nitrogens with zero attached hydrogens (tertiary/aromatic N) is 2. The lowest BCUT2D eigenvalue weighted by molar-refractivity contribution is 0.0919. The van der Waals surface area contributed by atoms with Crippen molar-refractivity contribution >= 4 is 34.3 Å². The number of benzene rings is 1. The molecule has 3 heterocycles. The van der Waals surface area contributed by atoms with Gasteiger partial charge in [0.1, 0.15) is 0 Å². The number of Topliss-reactive ketones (excluding diaryl/α,β-unsaturated/α-hetero) is 1. The number of urea groups is 1. The van der Waals surface area contributed by atoms with Gasteiger partial charge in [0.15, 0.2) is 16.9 Å². The highest BCUT2D eigenvalue weighted by Gasteiger charge is 2.32. The summed E-state index contributed by atoms with van der Waals surface area (Å²) in [6.45, 7) is 0.450. The first kappa shape index (κ1) is 21.7. The van der Waals surface area contributed by atoms with Gasteiger partial charge in [-0.2, -0.15) is 0 Å². The van der Waals surface area contributed by atoms with Crippen LogP contribution in [0.1, 0.15) is 22.5 Å². The Kier molecular flexibility index (Phi) is 6.62. The van der Waals surface area contributed by atoms with E-state index in [4.69, 9.17) is 4.55 Å². The van der Waals surface area contributed by atoms with Crippen molar-refractivity contribution in [2.75, 3.05) is 24.2 Å². The van der Waals surface area contributed by atoms with Gasteiger partial charge in [-0.05, 0) is 30.7 Å². The minimum Gasteiger partial charge on any atom is -0.355 e. The Morgan fingerprint density at radius 1 is 1.16 bits per heavy atom. The quantitative estimate of drug-likeness (QED) is 0.321. The van der Waals surface area contributed by atoms with Crippen LogP contribution in [-0.2, 0) is 17.6 Å². The van der Waals surface area contributed by atoms with Gasteiger partial charge < -0.3 is 25.1 Å². The molecule has 0 fully saturated rings. The van der Waals surface area contributed by atoms with E-state index in [9.17, 15) is 13.8 Å². The van der Waals surface area contributed by atoms with E-state index in [1.54, 1.807) is 12.4 Å². The van der Waals surface area contributed by atoms with Gasteiger partial charge >= 0.3 is 6.03 Å². The molecule has 0 saturated carbocycles. The van der Waals surface area contributed by atoms with Crippen LogP contribution in [0.15, 0.2) is 54.9 Å². The summed E-state index contributed by atoms with van der Waals surface area (Å²) in [5.41, 5.74) is 4.33. The Bertz CT molecular complexity index is 1130. The van der Waals surface area contributed by atoms with Crippen molar-refractivity contribution in [1.82, 2.24) is 20.2 Å². The molecule has 2 amide bonds. The van der Waals surface area contributed by atoms with Gasteiger partial charge in [0.05, 0.1) is 35.8 Å². The molecule has 32 heavy (non-hydrogen) atoms. The van der Waals surface area contributed by atoms with Crippen molar-refractivity contribution < 1.29 is 18.4 Å². The Balaban J connectivity index is 1.61. The van der Waals surface area contributed by atoms with Crippen LogP contribution < -0.4 is 10.6 Å². The summed E-state index contributed by atoms with van der Waals surface area (Å²) >= 11 is -1.89. The fourth-order valence-electron chi connectivity index (χ4n) is 3.65.